The molecule has 0 amide bonds. The number of nitrogens with zero attached hydrogens (tertiary/aromatic N) is 2. The summed E-state index contributed by atoms with van der Waals surface area (Å²) in [5.41, 5.74) is 9.04. The zero-order valence-corrected chi connectivity index (χ0v) is 24.4. The molecule has 0 aliphatic heterocycles. The highest BCUT2D eigenvalue weighted by Gasteiger charge is 2.16. The summed E-state index contributed by atoms with van der Waals surface area (Å²) in [6.45, 7) is 6.06. The Hall–Kier alpha value is -5.34. The summed E-state index contributed by atoms with van der Waals surface area (Å²) in [6, 6.07) is 38.4. The number of hydrogen-bond donors (Lipinski definition) is 0. The van der Waals surface area contributed by atoms with Gasteiger partial charge in [0, 0.05) is 18.0 Å². The fraction of sp³-hybridized carbons (Fsp3) is 0.0732. The quantitative estimate of drug-likeness (QED) is 0.101. The molecule has 0 aliphatic rings. The Bertz CT molecular complexity index is 1910. The Labute approximate surface area is 254 Å². The van der Waals surface area contributed by atoms with Crippen molar-refractivity contribution in [1.29, 1.82) is 0 Å². The molecular formula is C41H34N2. The van der Waals surface area contributed by atoms with Crippen LogP contribution in [-0.4, -0.2) is 9.97 Å². The molecule has 0 bridgehead atoms. The maximum absolute atomic E-state index is 4.74. The Morgan fingerprint density at radius 1 is 0.651 bits per heavy atom. The predicted octanol–water partition coefficient (Wildman–Crippen LogP) is 11.1. The molecule has 0 aliphatic carbocycles. The summed E-state index contributed by atoms with van der Waals surface area (Å²) >= 11 is 0. The minimum atomic E-state index is 0.784. The molecule has 0 fully saturated rings. The lowest BCUT2D eigenvalue weighted by Crippen LogP contribution is -1.93. The summed E-state index contributed by atoms with van der Waals surface area (Å²) in [4.78, 5) is 9.18. The van der Waals surface area contributed by atoms with E-state index < -0.39 is 0 Å². The maximum Gasteiger partial charge on any atom is 0.0717 e. The third-order valence-corrected chi connectivity index (χ3v) is 7.77. The smallest absolute Gasteiger partial charge is 0.0717 e. The van der Waals surface area contributed by atoms with Gasteiger partial charge in [-0.2, -0.15) is 0 Å². The van der Waals surface area contributed by atoms with Crippen LogP contribution in [0.25, 0.3) is 55.1 Å². The summed E-state index contributed by atoms with van der Waals surface area (Å²) in [6.07, 6.45) is 16.3. The predicted molar refractivity (Wildman–Crippen MR) is 185 cm³/mol. The second kappa shape index (κ2) is 13.1. The third-order valence-electron chi connectivity index (χ3n) is 7.77. The molecule has 6 aromatic rings. The van der Waals surface area contributed by atoms with Gasteiger partial charge in [0.1, 0.15) is 0 Å². The Morgan fingerprint density at radius 2 is 1.33 bits per heavy atom. The lowest BCUT2D eigenvalue weighted by Gasteiger charge is -2.18. The highest BCUT2D eigenvalue weighted by Crippen LogP contribution is 2.42. The van der Waals surface area contributed by atoms with Crippen molar-refractivity contribution in [3.63, 3.8) is 0 Å². The van der Waals surface area contributed by atoms with Crippen LogP contribution < -0.4 is 0 Å². The molecule has 2 nitrogen and oxygen atoms in total. The normalized spacial score (nSPS) is 12.3. The van der Waals surface area contributed by atoms with Crippen LogP contribution in [0.15, 0.2) is 159 Å². The standard InChI is InChI=1S/C41H34N2/c1-3-4-6-17-32(20-15-16-30(2)38-27-26-33(29-43-38)39-25-13-14-28-42-39)41-36-23-11-9-21-34(36)40(31-18-7-5-8-19-31)35-22-10-12-24-37(35)41/h3,5-14,16-29H,1,4,15H2,2H3/b17-6-,30-16+,32-20+. The average Bonchev–Trinajstić information content (AvgIpc) is 3.07. The van der Waals surface area contributed by atoms with E-state index in [4.69, 9.17) is 4.98 Å². The molecule has 2 aromatic heterocycles. The second-order valence-corrected chi connectivity index (χ2v) is 10.6. The van der Waals surface area contributed by atoms with Crippen molar-refractivity contribution in [2.24, 2.45) is 0 Å². The van der Waals surface area contributed by atoms with Crippen LogP contribution in [-0.2, 0) is 0 Å². The molecule has 208 valence electrons. The minimum Gasteiger partial charge on any atom is -0.256 e. The SMILES string of the molecule is C=CC/C=C\C(=C/C/C=C(\C)c1ccc(-c2ccccn2)cn1)c1c2ccccc2c(-c2ccccc2)c2ccccc12. The van der Waals surface area contributed by atoms with Crippen molar-refractivity contribution in [3.05, 3.63) is 170 Å². The van der Waals surface area contributed by atoms with Gasteiger partial charge in [-0.1, -0.05) is 115 Å². The molecule has 2 heterocycles. The summed E-state index contributed by atoms with van der Waals surface area (Å²) in [7, 11) is 0. The lowest BCUT2D eigenvalue weighted by atomic mass is 9.85. The average molecular weight is 555 g/mol. The Kier molecular flexibility index (Phi) is 8.47. The van der Waals surface area contributed by atoms with Crippen molar-refractivity contribution >= 4 is 32.7 Å². The molecule has 43 heavy (non-hydrogen) atoms. The molecule has 0 N–H and O–H groups in total. The van der Waals surface area contributed by atoms with Gasteiger partial charge < -0.3 is 0 Å². The fourth-order valence-electron chi connectivity index (χ4n) is 5.68. The van der Waals surface area contributed by atoms with Crippen LogP contribution in [0.5, 0.6) is 0 Å². The van der Waals surface area contributed by atoms with Crippen molar-refractivity contribution in [3.8, 4) is 22.4 Å². The topological polar surface area (TPSA) is 25.8 Å². The van der Waals surface area contributed by atoms with E-state index in [2.05, 4.69) is 134 Å². The van der Waals surface area contributed by atoms with Gasteiger partial charge >= 0.3 is 0 Å². The minimum absolute atomic E-state index is 0.784. The molecule has 0 unspecified atom stereocenters. The number of benzene rings is 4. The van der Waals surface area contributed by atoms with Gasteiger partial charge in [-0.05, 0) is 93.4 Å². The Morgan fingerprint density at radius 3 is 1.95 bits per heavy atom. The largest absolute Gasteiger partial charge is 0.256 e. The molecule has 0 saturated heterocycles. The maximum atomic E-state index is 4.74. The molecular weight excluding hydrogens is 520 g/mol. The first-order chi connectivity index (χ1) is 21.2. The molecule has 2 heteroatoms. The Balaban J connectivity index is 1.43. The highest BCUT2D eigenvalue weighted by molar-refractivity contribution is 6.19. The van der Waals surface area contributed by atoms with Crippen molar-refractivity contribution in [2.45, 2.75) is 19.8 Å². The highest BCUT2D eigenvalue weighted by atomic mass is 14.7. The summed E-state index contributed by atoms with van der Waals surface area (Å²) in [5.74, 6) is 0. The van der Waals surface area contributed by atoms with Crippen molar-refractivity contribution < 1.29 is 0 Å². The van der Waals surface area contributed by atoms with E-state index in [-0.39, 0.29) is 0 Å². The molecule has 0 atom stereocenters. The number of fused-ring (bicyclic) bond motifs is 2. The van der Waals surface area contributed by atoms with E-state index in [1.165, 1.54) is 43.8 Å². The van der Waals surface area contributed by atoms with Crippen LogP contribution in [0.2, 0.25) is 0 Å². The van der Waals surface area contributed by atoms with E-state index >= 15 is 0 Å². The van der Waals surface area contributed by atoms with Crippen LogP contribution in [0, 0.1) is 0 Å². The first-order valence-electron chi connectivity index (χ1n) is 14.8. The van der Waals surface area contributed by atoms with Gasteiger partial charge in [0.05, 0.1) is 11.4 Å². The molecule has 4 aromatic carbocycles. The zero-order chi connectivity index (χ0) is 29.4. The molecule has 0 saturated carbocycles. The van der Waals surface area contributed by atoms with E-state index in [0.29, 0.717) is 0 Å². The van der Waals surface area contributed by atoms with E-state index in [1.54, 1.807) is 0 Å². The summed E-state index contributed by atoms with van der Waals surface area (Å²) in [5, 5.41) is 5.02. The van der Waals surface area contributed by atoms with Crippen molar-refractivity contribution in [2.75, 3.05) is 0 Å². The number of rotatable bonds is 9. The number of aromatic nitrogens is 2. The van der Waals surface area contributed by atoms with Gasteiger partial charge in [-0.15, -0.1) is 6.58 Å². The number of pyridine rings is 2. The van der Waals surface area contributed by atoms with E-state index in [0.717, 1.165) is 35.4 Å². The van der Waals surface area contributed by atoms with Gasteiger partial charge in [0.25, 0.3) is 0 Å². The van der Waals surface area contributed by atoms with Gasteiger partial charge in [-0.3, -0.25) is 9.97 Å². The summed E-state index contributed by atoms with van der Waals surface area (Å²) < 4.78 is 0. The van der Waals surface area contributed by atoms with Gasteiger partial charge in [0.15, 0.2) is 0 Å². The third kappa shape index (κ3) is 6.00. The molecule has 6 rings (SSSR count). The lowest BCUT2D eigenvalue weighted by molar-refractivity contribution is 1.23. The molecule has 0 spiro atoms. The first-order valence-corrected chi connectivity index (χ1v) is 14.8. The second-order valence-electron chi connectivity index (χ2n) is 10.6. The number of hydrogen-bond acceptors (Lipinski definition) is 2. The van der Waals surface area contributed by atoms with Crippen LogP contribution >= 0.6 is 0 Å². The van der Waals surface area contributed by atoms with Crippen LogP contribution in [0.3, 0.4) is 0 Å². The van der Waals surface area contributed by atoms with Gasteiger partial charge in [-0.25, -0.2) is 0 Å². The fourth-order valence-corrected chi connectivity index (χ4v) is 5.68. The van der Waals surface area contributed by atoms with Gasteiger partial charge in [0.2, 0.25) is 0 Å². The van der Waals surface area contributed by atoms with E-state index in [9.17, 15) is 0 Å². The van der Waals surface area contributed by atoms with Crippen LogP contribution in [0.1, 0.15) is 31.0 Å². The zero-order valence-electron chi connectivity index (χ0n) is 24.4. The molecule has 0 radical (unpaired) electrons. The number of allylic oxidation sites excluding steroid dienone is 7. The van der Waals surface area contributed by atoms with E-state index in [1.807, 2.05) is 36.7 Å². The monoisotopic (exact) mass is 554 g/mol. The van der Waals surface area contributed by atoms with Crippen molar-refractivity contribution in [1.82, 2.24) is 9.97 Å². The van der Waals surface area contributed by atoms with Crippen LogP contribution in [0.4, 0.5) is 0 Å². The first kappa shape index (κ1) is 27.8.